The first kappa shape index (κ1) is 15.9. The quantitative estimate of drug-likeness (QED) is 0.853. The van der Waals surface area contributed by atoms with E-state index in [0.29, 0.717) is 12.8 Å². The van der Waals surface area contributed by atoms with E-state index in [-0.39, 0.29) is 11.5 Å². The number of carboxylic acids is 1. The van der Waals surface area contributed by atoms with Gasteiger partial charge in [-0.05, 0) is 49.2 Å². The Morgan fingerprint density at radius 2 is 1.75 bits per heavy atom. The zero-order valence-electron chi connectivity index (χ0n) is 13.7. The second-order valence-corrected chi connectivity index (χ2v) is 5.97. The van der Waals surface area contributed by atoms with Gasteiger partial charge >= 0.3 is 5.97 Å². The van der Waals surface area contributed by atoms with Crippen LogP contribution in [0.4, 0.5) is 5.69 Å². The first-order chi connectivity index (χ1) is 11.5. The van der Waals surface area contributed by atoms with Crippen molar-refractivity contribution in [2.75, 3.05) is 0 Å². The van der Waals surface area contributed by atoms with Crippen molar-refractivity contribution < 1.29 is 19.4 Å². The van der Waals surface area contributed by atoms with E-state index in [1.807, 2.05) is 6.07 Å². The molecule has 1 amide bonds. The maximum absolute atomic E-state index is 11.9. The van der Waals surface area contributed by atoms with Crippen LogP contribution in [0.15, 0.2) is 42.5 Å². The summed E-state index contributed by atoms with van der Waals surface area (Å²) < 4.78 is 1.75. The van der Waals surface area contributed by atoms with Crippen LogP contribution in [0, 0.1) is 13.8 Å². The summed E-state index contributed by atoms with van der Waals surface area (Å²) in [5.74, 6) is -1.02. The number of hydrogen-bond donors (Lipinski definition) is 2. The van der Waals surface area contributed by atoms with E-state index in [1.165, 1.54) is 23.3 Å². The lowest BCUT2D eigenvalue weighted by atomic mass is 9.99. The van der Waals surface area contributed by atoms with E-state index >= 15 is 0 Å². The molecule has 2 N–H and O–H groups in total. The fourth-order valence-corrected chi connectivity index (χ4v) is 2.76. The number of benzene rings is 2. The van der Waals surface area contributed by atoms with Crippen molar-refractivity contribution in [2.45, 2.75) is 26.7 Å². The number of rotatable bonds is 3. The molecule has 0 radical (unpaired) electrons. The number of aryl methyl sites for hydroxylation is 2. The molecule has 2 aromatic rings. The average Bonchev–Trinajstić information content (AvgIpc) is 2.57. The zero-order chi connectivity index (χ0) is 17.3. The standard InChI is InChI=1S/C19H18N2O3/c1-12-3-4-15(11-13(12)2)17-9-10-18(22)20-21(17)16-7-5-14(6-8-16)19(23)24/h3-8,11H,9-10H2,1-2H3,(H-,20,22,23,24)/p+1. The normalized spacial score (nSPS) is 14.5. The van der Waals surface area contributed by atoms with Crippen LogP contribution in [-0.4, -0.2) is 27.4 Å². The van der Waals surface area contributed by atoms with E-state index in [2.05, 4.69) is 31.4 Å². The highest BCUT2D eigenvalue weighted by atomic mass is 16.4. The Labute approximate surface area is 140 Å². The molecule has 5 nitrogen and oxygen atoms in total. The van der Waals surface area contributed by atoms with Gasteiger partial charge in [0.2, 0.25) is 11.4 Å². The maximum Gasteiger partial charge on any atom is 0.335 e. The molecule has 0 aliphatic carbocycles. The van der Waals surface area contributed by atoms with Gasteiger partial charge in [-0.15, -0.1) is 5.43 Å². The lowest BCUT2D eigenvalue weighted by Gasteiger charge is -2.15. The molecule has 0 aromatic heterocycles. The molecule has 1 aliphatic rings. The molecular weight excluding hydrogens is 304 g/mol. The summed E-state index contributed by atoms with van der Waals surface area (Å²) in [5.41, 5.74) is 8.30. The van der Waals surface area contributed by atoms with Crippen LogP contribution in [0.2, 0.25) is 0 Å². The molecule has 122 valence electrons. The van der Waals surface area contributed by atoms with E-state index in [9.17, 15) is 9.59 Å². The molecule has 0 unspecified atom stereocenters. The molecule has 24 heavy (non-hydrogen) atoms. The zero-order valence-corrected chi connectivity index (χ0v) is 13.7. The number of hydrogen-bond acceptors (Lipinski definition) is 2. The second kappa shape index (κ2) is 6.28. The van der Waals surface area contributed by atoms with E-state index < -0.39 is 5.97 Å². The highest BCUT2D eigenvalue weighted by molar-refractivity contribution is 6.01. The average molecular weight is 323 g/mol. The number of carbonyl (C=O) groups excluding carboxylic acids is 1. The Morgan fingerprint density at radius 1 is 1.04 bits per heavy atom. The van der Waals surface area contributed by atoms with Crippen LogP contribution in [-0.2, 0) is 4.79 Å². The number of carboxylic acid groups (broad SMARTS) is 1. The SMILES string of the molecule is Cc1ccc(C2=[N+](c3ccc(C(=O)O)cc3)NC(=O)CC2)cc1C. The number of amides is 1. The summed E-state index contributed by atoms with van der Waals surface area (Å²) >= 11 is 0. The Hall–Kier alpha value is -2.95. The van der Waals surface area contributed by atoms with Crippen molar-refractivity contribution in [3.05, 3.63) is 64.7 Å². The van der Waals surface area contributed by atoms with Crippen LogP contribution in [0.25, 0.3) is 0 Å². The molecule has 2 aromatic carbocycles. The van der Waals surface area contributed by atoms with E-state index in [4.69, 9.17) is 5.11 Å². The Morgan fingerprint density at radius 3 is 2.38 bits per heavy atom. The monoisotopic (exact) mass is 323 g/mol. The van der Waals surface area contributed by atoms with Crippen molar-refractivity contribution in [3.63, 3.8) is 0 Å². The van der Waals surface area contributed by atoms with Gasteiger partial charge in [-0.2, -0.15) is 0 Å². The lowest BCUT2D eigenvalue weighted by Crippen LogP contribution is -2.40. The fraction of sp³-hybridized carbons (Fsp3) is 0.211. The number of nitrogens with zero attached hydrogens (tertiary/aromatic N) is 1. The molecule has 5 heteroatoms. The van der Waals surface area contributed by atoms with Gasteiger partial charge in [-0.25, -0.2) is 4.79 Å². The Bertz CT molecular complexity index is 851. The molecule has 1 heterocycles. The third-order valence-corrected chi connectivity index (χ3v) is 4.31. The van der Waals surface area contributed by atoms with Crippen LogP contribution >= 0.6 is 0 Å². The molecule has 0 saturated carbocycles. The first-order valence-corrected chi connectivity index (χ1v) is 7.82. The van der Waals surface area contributed by atoms with Gasteiger partial charge in [-0.1, -0.05) is 10.8 Å². The van der Waals surface area contributed by atoms with Gasteiger partial charge in [0.1, 0.15) is 0 Å². The highest BCUT2D eigenvalue weighted by Gasteiger charge is 2.28. The third kappa shape index (κ3) is 3.06. The van der Waals surface area contributed by atoms with Gasteiger partial charge in [0.25, 0.3) is 5.91 Å². The van der Waals surface area contributed by atoms with Gasteiger partial charge in [0, 0.05) is 30.5 Å². The minimum atomic E-state index is -0.970. The number of hydrazine groups is 1. The van der Waals surface area contributed by atoms with Gasteiger partial charge in [0.15, 0.2) is 0 Å². The lowest BCUT2D eigenvalue weighted by molar-refractivity contribution is -0.496. The number of carbonyl (C=O) groups is 2. The summed E-state index contributed by atoms with van der Waals surface area (Å²) in [6.07, 6.45) is 1.07. The van der Waals surface area contributed by atoms with Crippen molar-refractivity contribution in [3.8, 4) is 0 Å². The number of nitrogens with one attached hydrogen (secondary N) is 1. The van der Waals surface area contributed by atoms with Crippen molar-refractivity contribution >= 4 is 23.3 Å². The maximum atomic E-state index is 11.9. The van der Waals surface area contributed by atoms with Gasteiger partial charge < -0.3 is 5.11 Å². The van der Waals surface area contributed by atoms with Crippen LogP contribution < -0.4 is 5.43 Å². The molecule has 1 aliphatic heterocycles. The van der Waals surface area contributed by atoms with Crippen LogP contribution in [0.1, 0.15) is 39.9 Å². The van der Waals surface area contributed by atoms with Crippen molar-refractivity contribution in [1.29, 1.82) is 0 Å². The summed E-state index contributed by atoms with van der Waals surface area (Å²) in [7, 11) is 0. The third-order valence-electron chi connectivity index (χ3n) is 4.31. The van der Waals surface area contributed by atoms with Gasteiger partial charge in [0.05, 0.1) is 5.56 Å². The molecule has 0 saturated heterocycles. The molecule has 0 fully saturated rings. The highest BCUT2D eigenvalue weighted by Crippen LogP contribution is 2.20. The molecule has 0 spiro atoms. The topological polar surface area (TPSA) is 69.4 Å². The molecule has 3 rings (SSSR count). The second-order valence-electron chi connectivity index (χ2n) is 5.97. The fourth-order valence-electron chi connectivity index (χ4n) is 2.76. The van der Waals surface area contributed by atoms with Gasteiger partial charge in [-0.3, -0.25) is 4.79 Å². The van der Waals surface area contributed by atoms with E-state index in [0.717, 1.165) is 17.0 Å². The van der Waals surface area contributed by atoms with Crippen molar-refractivity contribution in [1.82, 2.24) is 5.43 Å². The molecular formula is C19H19N2O3+. The summed E-state index contributed by atoms with van der Waals surface area (Å²) in [6, 6.07) is 12.7. The smallest absolute Gasteiger partial charge is 0.335 e. The minimum absolute atomic E-state index is 0.0510. The molecule has 0 bridgehead atoms. The Kier molecular flexibility index (Phi) is 4.16. The van der Waals surface area contributed by atoms with Crippen molar-refractivity contribution in [2.24, 2.45) is 0 Å². The molecule has 0 atom stereocenters. The van der Waals surface area contributed by atoms with E-state index in [1.54, 1.807) is 16.8 Å². The minimum Gasteiger partial charge on any atom is -0.478 e. The predicted molar refractivity (Wildman–Crippen MR) is 90.7 cm³/mol. The predicted octanol–water partition coefficient (Wildman–Crippen LogP) is 2.96. The van der Waals surface area contributed by atoms with Crippen LogP contribution in [0.3, 0.4) is 0 Å². The Balaban J connectivity index is 2.10. The number of aromatic carboxylic acids is 1. The first-order valence-electron chi connectivity index (χ1n) is 7.82. The summed E-state index contributed by atoms with van der Waals surface area (Å²) in [5, 5.41) is 9.03. The number of hydrazone groups is 1. The van der Waals surface area contributed by atoms with Crippen LogP contribution in [0.5, 0.6) is 0 Å². The summed E-state index contributed by atoms with van der Waals surface area (Å²) in [6.45, 7) is 4.13. The largest absolute Gasteiger partial charge is 0.478 e. The summed E-state index contributed by atoms with van der Waals surface area (Å²) in [4.78, 5) is 22.9.